The van der Waals surface area contributed by atoms with Crippen LogP contribution in [0.1, 0.15) is 11.1 Å². The van der Waals surface area contributed by atoms with Gasteiger partial charge in [0, 0.05) is 13.1 Å². The Morgan fingerprint density at radius 3 is 3.00 bits per heavy atom. The molecular formula is C20H17FN4OS. The summed E-state index contributed by atoms with van der Waals surface area (Å²) in [6.07, 6.45) is 1.72. The highest BCUT2D eigenvalue weighted by Gasteiger charge is 2.13. The highest BCUT2D eigenvalue weighted by molar-refractivity contribution is 7.22. The summed E-state index contributed by atoms with van der Waals surface area (Å²) in [4.78, 5) is 18.6. The molecule has 3 rings (SSSR count). The first-order valence-electron chi connectivity index (χ1n) is 8.25. The molecule has 1 N–H and O–H groups in total. The van der Waals surface area contributed by atoms with E-state index in [-0.39, 0.29) is 18.3 Å². The van der Waals surface area contributed by atoms with E-state index in [2.05, 4.69) is 22.9 Å². The fraction of sp³-hybridized carbons (Fsp3) is 0.150. The molecule has 0 radical (unpaired) electrons. The molecule has 0 saturated heterocycles. The van der Waals surface area contributed by atoms with E-state index in [1.54, 1.807) is 24.3 Å². The molecule has 0 aliphatic heterocycles. The van der Waals surface area contributed by atoms with Crippen molar-refractivity contribution in [2.24, 2.45) is 0 Å². The van der Waals surface area contributed by atoms with Crippen molar-refractivity contribution in [3.05, 3.63) is 72.1 Å². The molecule has 5 nitrogen and oxygen atoms in total. The monoisotopic (exact) mass is 380 g/mol. The van der Waals surface area contributed by atoms with Crippen molar-refractivity contribution < 1.29 is 9.18 Å². The Morgan fingerprint density at radius 1 is 1.37 bits per heavy atom. The fourth-order valence-corrected chi connectivity index (χ4v) is 3.59. The van der Waals surface area contributed by atoms with E-state index >= 15 is 0 Å². The lowest BCUT2D eigenvalue weighted by Gasteiger charge is -2.20. The first-order valence-corrected chi connectivity index (χ1v) is 9.07. The van der Waals surface area contributed by atoms with Gasteiger partial charge in [0.25, 0.3) is 0 Å². The Labute approximate surface area is 160 Å². The van der Waals surface area contributed by atoms with Crippen molar-refractivity contribution in [2.45, 2.75) is 6.54 Å². The number of anilines is 1. The number of halogens is 1. The minimum atomic E-state index is -0.333. The van der Waals surface area contributed by atoms with Crippen molar-refractivity contribution in [1.29, 1.82) is 5.26 Å². The van der Waals surface area contributed by atoms with Gasteiger partial charge >= 0.3 is 0 Å². The summed E-state index contributed by atoms with van der Waals surface area (Å²) >= 11 is 1.23. The molecule has 3 aromatic rings. The van der Waals surface area contributed by atoms with E-state index in [4.69, 9.17) is 5.26 Å². The molecular weight excluding hydrogens is 363 g/mol. The normalized spacial score (nSPS) is 10.7. The van der Waals surface area contributed by atoms with Crippen LogP contribution >= 0.6 is 11.3 Å². The van der Waals surface area contributed by atoms with E-state index in [9.17, 15) is 9.18 Å². The third-order valence-corrected chi connectivity index (χ3v) is 4.75. The van der Waals surface area contributed by atoms with E-state index in [1.165, 1.54) is 23.5 Å². The molecule has 0 spiro atoms. The number of fused-ring (bicyclic) bond motifs is 1. The number of nitrogens with one attached hydrogen (secondary N) is 1. The standard InChI is InChI=1S/C20H17FN4OS/c1-2-8-25(12-15-5-3-4-14(9-15)11-22)13-19(26)24-20-23-17-7-6-16(21)10-18(17)27-20/h2-7,9-10H,1,8,12-13H2,(H,23,24,26). The largest absolute Gasteiger partial charge is 0.301 e. The number of thiazole rings is 1. The third kappa shape index (κ3) is 4.97. The predicted octanol–water partition coefficient (Wildman–Crippen LogP) is 3.93. The molecule has 2 aromatic carbocycles. The number of hydrogen-bond donors (Lipinski definition) is 1. The lowest BCUT2D eigenvalue weighted by Crippen LogP contribution is -2.33. The van der Waals surface area contributed by atoms with Crippen molar-refractivity contribution in [3.8, 4) is 6.07 Å². The van der Waals surface area contributed by atoms with Crippen molar-refractivity contribution in [2.75, 3.05) is 18.4 Å². The second-order valence-electron chi connectivity index (χ2n) is 5.95. The predicted molar refractivity (Wildman–Crippen MR) is 105 cm³/mol. The second kappa shape index (κ2) is 8.54. The van der Waals surface area contributed by atoms with Gasteiger partial charge in [0.15, 0.2) is 5.13 Å². The van der Waals surface area contributed by atoms with Crippen molar-refractivity contribution in [3.63, 3.8) is 0 Å². The SMILES string of the molecule is C=CCN(CC(=O)Nc1nc2ccc(F)cc2s1)Cc1cccc(C#N)c1. The molecule has 136 valence electrons. The van der Waals surface area contributed by atoms with Gasteiger partial charge in [-0.15, -0.1) is 6.58 Å². The number of nitrogens with zero attached hydrogens (tertiary/aromatic N) is 3. The minimum Gasteiger partial charge on any atom is -0.301 e. The zero-order valence-electron chi connectivity index (χ0n) is 14.5. The van der Waals surface area contributed by atoms with Crippen LogP contribution in [0.15, 0.2) is 55.1 Å². The Hall–Kier alpha value is -3.08. The quantitative estimate of drug-likeness (QED) is 0.631. The molecule has 0 aliphatic rings. The van der Waals surface area contributed by atoms with Crippen LogP contribution in [0.4, 0.5) is 9.52 Å². The first kappa shape index (κ1) is 18.7. The number of nitriles is 1. The molecule has 0 atom stereocenters. The highest BCUT2D eigenvalue weighted by atomic mass is 32.1. The van der Waals surface area contributed by atoms with Crippen LogP contribution in [0.5, 0.6) is 0 Å². The number of amides is 1. The van der Waals surface area contributed by atoms with Gasteiger partial charge in [-0.2, -0.15) is 5.26 Å². The third-order valence-electron chi connectivity index (χ3n) is 3.81. The number of hydrogen-bond acceptors (Lipinski definition) is 5. The second-order valence-corrected chi connectivity index (χ2v) is 6.98. The van der Waals surface area contributed by atoms with Crippen LogP contribution in [0.3, 0.4) is 0 Å². The molecule has 1 aromatic heterocycles. The number of carbonyl (C=O) groups is 1. The smallest absolute Gasteiger partial charge is 0.240 e. The summed E-state index contributed by atoms with van der Waals surface area (Å²) in [6, 6.07) is 13.7. The molecule has 7 heteroatoms. The molecule has 0 bridgehead atoms. The average molecular weight is 380 g/mol. The molecule has 0 aliphatic carbocycles. The zero-order chi connectivity index (χ0) is 19.2. The molecule has 0 unspecified atom stereocenters. The van der Waals surface area contributed by atoms with E-state index in [1.807, 2.05) is 17.0 Å². The van der Waals surface area contributed by atoms with Gasteiger partial charge in [0.2, 0.25) is 5.91 Å². The highest BCUT2D eigenvalue weighted by Crippen LogP contribution is 2.26. The Balaban J connectivity index is 1.66. The van der Waals surface area contributed by atoms with E-state index < -0.39 is 0 Å². The molecule has 27 heavy (non-hydrogen) atoms. The minimum absolute atomic E-state index is 0.146. The van der Waals surface area contributed by atoms with Crippen molar-refractivity contribution in [1.82, 2.24) is 9.88 Å². The van der Waals surface area contributed by atoms with Gasteiger partial charge in [-0.25, -0.2) is 9.37 Å². The van der Waals surface area contributed by atoms with E-state index in [0.717, 1.165) is 5.56 Å². The number of rotatable bonds is 7. The summed E-state index contributed by atoms with van der Waals surface area (Å²) < 4.78 is 14.0. The average Bonchev–Trinajstić information content (AvgIpc) is 3.03. The maximum Gasteiger partial charge on any atom is 0.240 e. The summed E-state index contributed by atoms with van der Waals surface area (Å²) in [6.45, 7) is 4.92. The van der Waals surface area contributed by atoms with Gasteiger partial charge in [0.05, 0.1) is 28.4 Å². The topological polar surface area (TPSA) is 69.0 Å². The lowest BCUT2D eigenvalue weighted by atomic mass is 10.1. The van der Waals surface area contributed by atoms with Crippen LogP contribution in [0.25, 0.3) is 10.2 Å². The van der Waals surface area contributed by atoms with E-state index in [0.29, 0.717) is 34.0 Å². The van der Waals surface area contributed by atoms with Gasteiger partial charge < -0.3 is 5.32 Å². The first-order chi connectivity index (χ1) is 13.1. The Kier molecular flexibility index (Phi) is 5.91. The van der Waals surface area contributed by atoms with Crippen LogP contribution in [0.2, 0.25) is 0 Å². The molecule has 1 amide bonds. The summed E-state index contributed by atoms with van der Waals surface area (Å²) in [7, 11) is 0. The maximum atomic E-state index is 13.3. The van der Waals surface area contributed by atoms with Gasteiger partial charge in [-0.05, 0) is 35.9 Å². The number of carbonyl (C=O) groups excluding carboxylic acids is 1. The molecule has 0 fully saturated rings. The van der Waals surface area contributed by atoms with Crippen LogP contribution in [0, 0.1) is 17.1 Å². The summed E-state index contributed by atoms with van der Waals surface area (Å²) in [5, 5.41) is 12.2. The maximum absolute atomic E-state index is 13.3. The number of benzene rings is 2. The van der Waals surface area contributed by atoms with Crippen LogP contribution in [-0.2, 0) is 11.3 Å². The molecule has 0 saturated carbocycles. The van der Waals surface area contributed by atoms with Gasteiger partial charge in [0.1, 0.15) is 5.82 Å². The Bertz CT molecular complexity index is 1020. The van der Waals surface area contributed by atoms with Crippen molar-refractivity contribution >= 4 is 32.6 Å². The van der Waals surface area contributed by atoms with Crippen LogP contribution < -0.4 is 5.32 Å². The van der Waals surface area contributed by atoms with Gasteiger partial charge in [-0.3, -0.25) is 9.69 Å². The van der Waals surface area contributed by atoms with Gasteiger partial charge in [-0.1, -0.05) is 29.5 Å². The van der Waals surface area contributed by atoms with Crippen LogP contribution in [-0.4, -0.2) is 28.9 Å². The summed E-state index contributed by atoms with van der Waals surface area (Å²) in [5.74, 6) is -0.548. The zero-order valence-corrected chi connectivity index (χ0v) is 15.3. The lowest BCUT2D eigenvalue weighted by molar-refractivity contribution is -0.117. The molecule has 1 heterocycles. The number of aromatic nitrogens is 1. The summed E-state index contributed by atoms with van der Waals surface area (Å²) in [5.41, 5.74) is 2.17. The Morgan fingerprint density at radius 2 is 2.22 bits per heavy atom. The fourth-order valence-electron chi connectivity index (χ4n) is 2.68.